The summed E-state index contributed by atoms with van der Waals surface area (Å²) < 4.78 is 1.75. The highest BCUT2D eigenvalue weighted by atomic mass is 16.1. The van der Waals surface area contributed by atoms with Crippen LogP contribution in [0.2, 0.25) is 0 Å². The van der Waals surface area contributed by atoms with Crippen molar-refractivity contribution in [2.75, 3.05) is 12.3 Å². The molecule has 1 amide bonds. The van der Waals surface area contributed by atoms with Gasteiger partial charge in [0, 0.05) is 25.7 Å². The third kappa shape index (κ3) is 2.10. The molecule has 2 aromatic rings. The van der Waals surface area contributed by atoms with Crippen molar-refractivity contribution < 1.29 is 4.79 Å². The molecule has 1 unspecified atom stereocenters. The Kier molecular flexibility index (Phi) is 2.78. The lowest BCUT2D eigenvalue weighted by molar-refractivity contribution is 0.0942. The molecule has 0 fully saturated rings. The van der Waals surface area contributed by atoms with Crippen molar-refractivity contribution in [2.45, 2.75) is 12.3 Å². The lowest BCUT2D eigenvalue weighted by Crippen LogP contribution is -2.33. The maximum Gasteiger partial charge on any atom is 0.267 e. The molecule has 0 spiro atoms. The standard InChI is InChI=1S/C15H17N3O/c1-18-9-12(16)7-14(18)15(19)17-8-11-6-10-4-2-3-5-13(10)11/h2-5,7,9,11H,6,8,16H2,1H3,(H,17,19). The van der Waals surface area contributed by atoms with E-state index in [1.807, 2.05) is 13.1 Å². The Hall–Kier alpha value is -2.23. The third-order valence-corrected chi connectivity index (χ3v) is 3.73. The van der Waals surface area contributed by atoms with Gasteiger partial charge in [0.05, 0.1) is 5.69 Å². The highest BCUT2D eigenvalue weighted by Gasteiger charge is 2.25. The summed E-state index contributed by atoms with van der Waals surface area (Å²) in [6, 6.07) is 10.1. The van der Waals surface area contributed by atoms with Gasteiger partial charge in [-0.25, -0.2) is 0 Å². The lowest BCUT2D eigenvalue weighted by Gasteiger charge is -2.30. The van der Waals surface area contributed by atoms with Crippen LogP contribution >= 0.6 is 0 Å². The monoisotopic (exact) mass is 255 g/mol. The number of nitrogens with two attached hydrogens (primary N) is 1. The number of benzene rings is 1. The molecule has 1 aliphatic carbocycles. The van der Waals surface area contributed by atoms with Gasteiger partial charge in [-0.15, -0.1) is 0 Å². The molecule has 0 bridgehead atoms. The van der Waals surface area contributed by atoms with Crippen LogP contribution in [0, 0.1) is 0 Å². The molecule has 1 aromatic carbocycles. The molecule has 1 aromatic heterocycles. The highest BCUT2D eigenvalue weighted by Crippen LogP contribution is 2.34. The Morgan fingerprint density at radius 3 is 2.95 bits per heavy atom. The second-order valence-corrected chi connectivity index (χ2v) is 5.08. The number of rotatable bonds is 3. The molecule has 0 saturated carbocycles. The Morgan fingerprint density at radius 2 is 2.26 bits per heavy atom. The first-order valence-corrected chi connectivity index (χ1v) is 6.43. The first kappa shape index (κ1) is 11.8. The molecule has 1 heterocycles. The van der Waals surface area contributed by atoms with Crippen LogP contribution in [0.4, 0.5) is 5.69 Å². The minimum atomic E-state index is -0.0661. The summed E-state index contributed by atoms with van der Waals surface area (Å²) in [7, 11) is 1.82. The van der Waals surface area contributed by atoms with E-state index >= 15 is 0 Å². The molecule has 1 aliphatic rings. The number of hydrogen-bond donors (Lipinski definition) is 2. The van der Waals surface area contributed by atoms with E-state index in [1.165, 1.54) is 11.1 Å². The molecular formula is C15H17N3O. The quantitative estimate of drug-likeness (QED) is 0.876. The predicted molar refractivity (Wildman–Crippen MR) is 75.0 cm³/mol. The molecule has 0 aliphatic heterocycles. The van der Waals surface area contributed by atoms with Gasteiger partial charge in [0.15, 0.2) is 0 Å². The molecule has 0 saturated heterocycles. The van der Waals surface area contributed by atoms with Gasteiger partial charge in [0.25, 0.3) is 5.91 Å². The highest BCUT2D eigenvalue weighted by molar-refractivity contribution is 5.93. The van der Waals surface area contributed by atoms with Gasteiger partial charge in [0.1, 0.15) is 5.69 Å². The van der Waals surface area contributed by atoms with Crippen molar-refractivity contribution in [3.63, 3.8) is 0 Å². The first-order chi connectivity index (χ1) is 9.15. The number of fused-ring (bicyclic) bond motifs is 1. The SMILES string of the molecule is Cn1cc(N)cc1C(=O)NCC1Cc2ccccc21. The zero-order chi connectivity index (χ0) is 13.4. The van der Waals surface area contributed by atoms with E-state index in [2.05, 4.69) is 23.5 Å². The predicted octanol–water partition coefficient (Wildman–Crippen LogP) is 1.68. The second-order valence-electron chi connectivity index (χ2n) is 5.08. The summed E-state index contributed by atoms with van der Waals surface area (Å²) in [4.78, 5) is 12.0. The van der Waals surface area contributed by atoms with E-state index in [1.54, 1.807) is 16.8 Å². The fourth-order valence-corrected chi connectivity index (χ4v) is 2.67. The summed E-state index contributed by atoms with van der Waals surface area (Å²) in [5.74, 6) is 0.376. The van der Waals surface area contributed by atoms with E-state index in [0.717, 1.165) is 6.42 Å². The molecule has 3 N–H and O–H groups in total. The minimum Gasteiger partial charge on any atom is -0.397 e. The molecule has 98 valence electrons. The number of aromatic nitrogens is 1. The Morgan fingerprint density at radius 1 is 1.47 bits per heavy atom. The van der Waals surface area contributed by atoms with Crippen LogP contribution < -0.4 is 11.1 Å². The Labute approximate surface area is 112 Å². The van der Waals surface area contributed by atoms with Crippen molar-refractivity contribution in [3.8, 4) is 0 Å². The fraction of sp³-hybridized carbons (Fsp3) is 0.267. The van der Waals surface area contributed by atoms with Crippen molar-refractivity contribution in [1.82, 2.24) is 9.88 Å². The van der Waals surface area contributed by atoms with Crippen molar-refractivity contribution >= 4 is 11.6 Å². The number of aryl methyl sites for hydroxylation is 1. The van der Waals surface area contributed by atoms with Crippen LogP contribution in [0.25, 0.3) is 0 Å². The molecule has 1 atom stereocenters. The number of carbonyl (C=O) groups is 1. The second kappa shape index (κ2) is 4.46. The molecule has 0 radical (unpaired) electrons. The summed E-state index contributed by atoms with van der Waals surface area (Å²) in [6.07, 6.45) is 2.79. The van der Waals surface area contributed by atoms with Gasteiger partial charge in [0.2, 0.25) is 0 Å². The van der Waals surface area contributed by atoms with Gasteiger partial charge in [-0.2, -0.15) is 0 Å². The van der Waals surface area contributed by atoms with Crippen LogP contribution in [0.5, 0.6) is 0 Å². The summed E-state index contributed by atoms with van der Waals surface area (Å²) in [6.45, 7) is 0.681. The lowest BCUT2D eigenvalue weighted by atomic mass is 9.77. The van der Waals surface area contributed by atoms with Crippen LogP contribution in [-0.2, 0) is 13.5 Å². The minimum absolute atomic E-state index is 0.0661. The van der Waals surface area contributed by atoms with Crippen LogP contribution in [0.15, 0.2) is 36.5 Å². The van der Waals surface area contributed by atoms with Crippen LogP contribution in [-0.4, -0.2) is 17.0 Å². The number of amides is 1. The van der Waals surface area contributed by atoms with E-state index < -0.39 is 0 Å². The fourth-order valence-electron chi connectivity index (χ4n) is 2.67. The van der Waals surface area contributed by atoms with Crippen molar-refractivity contribution in [1.29, 1.82) is 0 Å². The number of hydrogen-bond acceptors (Lipinski definition) is 2. The maximum atomic E-state index is 12.0. The zero-order valence-corrected chi connectivity index (χ0v) is 10.9. The number of nitrogen functional groups attached to an aromatic ring is 1. The van der Waals surface area contributed by atoms with Crippen LogP contribution in [0.3, 0.4) is 0 Å². The van der Waals surface area contributed by atoms with Gasteiger partial charge in [-0.1, -0.05) is 24.3 Å². The van der Waals surface area contributed by atoms with Crippen molar-refractivity contribution in [2.24, 2.45) is 7.05 Å². The van der Waals surface area contributed by atoms with Gasteiger partial charge in [-0.3, -0.25) is 4.79 Å². The van der Waals surface area contributed by atoms with E-state index in [9.17, 15) is 4.79 Å². The topological polar surface area (TPSA) is 60.0 Å². The number of nitrogens with one attached hydrogen (secondary N) is 1. The van der Waals surface area contributed by atoms with Gasteiger partial charge in [-0.05, 0) is 23.6 Å². The molecule has 19 heavy (non-hydrogen) atoms. The van der Waals surface area contributed by atoms with E-state index in [4.69, 9.17) is 5.73 Å². The normalized spacial score (nSPS) is 16.6. The van der Waals surface area contributed by atoms with E-state index in [0.29, 0.717) is 23.8 Å². The Bertz CT molecular complexity index is 630. The summed E-state index contributed by atoms with van der Waals surface area (Å²) in [5, 5.41) is 2.98. The third-order valence-electron chi connectivity index (χ3n) is 3.73. The maximum absolute atomic E-state index is 12.0. The average Bonchev–Trinajstić information content (AvgIpc) is 2.69. The number of anilines is 1. The molecule has 4 heteroatoms. The van der Waals surface area contributed by atoms with Gasteiger partial charge >= 0.3 is 0 Å². The van der Waals surface area contributed by atoms with Crippen molar-refractivity contribution in [3.05, 3.63) is 53.3 Å². The van der Waals surface area contributed by atoms with E-state index in [-0.39, 0.29) is 5.91 Å². The smallest absolute Gasteiger partial charge is 0.267 e. The van der Waals surface area contributed by atoms with Crippen LogP contribution in [0.1, 0.15) is 27.5 Å². The molecule has 3 rings (SSSR count). The zero-order valence-electron chi connectivity index (χ0n) is 10.9. The number of nitrogens with zero attached hydrogens (tertiary/aromatic N) is 1. The Balaban J connectivity index is 1.62. The largest absolute Gasteiger partial charge is 0.397 e. The molecule has 4 nitrogen and oxygen atoms in total. The molecular weight excluding hydrogens is 238 g/mol. The van der Waals surface area contributed by atoms with Gasteiger partial charge < -0.3 is 15.6 Å². The summed E-state index contributed by atoms with van der Waals surface area (Å²) >= 11 is 0. The average molecular weight is 255 g/mol. The number of carbonyl (C=O) groups excluding carboxylic acids is 1. The summed E-state index contributed by atoms with van der Waals surface area (Å²) in [5.41, 5.74) is 9.64. The first-order valence-electron chi connectivity index (χ1n) is 6.43.